The summed E-state index contributed by atoms with van der Waals surface area (Å²) in [5.41, 5.74) is 2.73. The van der Waals surface area contributed by atoms with E-state index in [4.69, 9.17) is 9.15 Å². The maximum absolute atomic E-state index is 12.1. The number of ether oxygens (including phenoxy) is 1. The number of hydrogen-bond donors (Lipinski definition) is 1. The lowest BCUT2D eigenvalue weighted by atomic mass is 10.2. The Morgan fingerprint density at radius 2 is 1.71 bits per heavy atom. The second kappa shape index (κ2) is 10.6. The zero-order chi connectivity index (χ0) is 22.2. The molecule has 31 heavy (non-hydrogen) atoms. The Morgan fingerprint density at radius 1 is 1.03 bits per heavy atom. The van der Waals surface area contributed by atoms with E-state index < -0.39 is 11.9 Å². The summed E-state index contributed by atoms with van der Waals surface area (Å²) >= 11 is 3.18. The van der Waals surface area contributed by atoms with E-state index in [1.165, 1.54) is 12.2 Å². The van der Waals surface area contributed by atoms with E-state index in [0.717, 1.165) is 11.4 Å². The molecule has 0 atom stereocenters. The van der Waals surface area contributed by atoms with Gasteiger partial charge in [0.05, 0.1) is 0 Å². The van der Waals surface area contributed by atoms with Crippen molar-refractivity contribution in [2.75, 3.05) is 16.8 Å². The maximum atomic E-state index is 12.1. The molecule has 0 bridgehead atoms. The van der Waals surface area contributed by atoms with Gasteiger partial charge in [0.2, 0.25) is 0 Å². The minimum absolute atomic E-state index is 0.262. The number of hydrogen-bond acceptors (Lipinski definition) is 5. The molecule has 160 valence electrons. The fraction of sp³-hybridized carbons (Fsp3) is 0.167. The first-order valence-electron chi connectivity index (χ1n) is 9.77. The average Bonchev–Trinajstić information content (AvgIpc) is 3.18. The van der Waals surface area contributed by atoms with Gasteiger partial charge in [-0.3, -0.25) is 4.79 Å². The second-order valence-electron chi connectivity index (χ2n) is 6.98. The van der Waals surface area contributed by atoms with Crippen LogP contribution in [0.1, 0.15) is 19.6 Å². The number of para-hydroxylation sites is 1. The van der Waals surface area contributed by atoms with E-state index >= 15 is 0 Å². The Balaban J connectivity index is 1.53. The molecule has 0 saturated carbocycles. The first-order chi connectivity index (χ1) is 14.9. The smallest absolute Gasteiger partial charge is 0.331 e. The normalized spacial score (nSPS) is 11.0. The number of furan rings is 1. The zero-order valence-electron chi connectivity index (χ0n) is 17.2. The Bertz CT molecular complexity index is 1040. The van der Waals surface area contributed by atoms with Crippen molar-refractivity contribution in [3.8, 4) is 0 Å². The lowest BCUT2D eigenvalue weighted by Crippen LogP contribution is -2.25. The predicted molar refractivity (Wildman–Crippen MR) is 125 cm³/mol. The molecule has 0 fully saturated rings. The van der Waals surface area contributed by atoms with Crippen molar-refractivity contribution < 1.29 is 18.7 Å². The standard InChI is InChI=1S/C24H23BrN2O4/c1-17(2)27(19-6-4-3-5-7-19)20-10-8-18(9-11-20)26-23(28)16-30-24(29)15-13-21-12-14-22(25)31-21/h3-15,17H,16H2,1-2H3,(H,26,28). The molecule has 0 unspecified atom stereocenters. The molecule has 1 N–H and O–H groups in total. The van der Waals surface area contributed by atoms with E-state index in [2.05, 4.69) is 52.1 Å². The van der Waals surface area contributed by atoms with Gasteiger partial charge in [0, 0.05) is 29.2 Å². The van der Waals surface area contributed by atoms with Crippen molar-refractivity contribution in [3.05, 3.63) is 83.2 Å². The second-order valence-corrected chi connectivity index (χ2v) is 7.76. The van der Waals surface area contributed by atoms with Gasteiger partial charge in [-0.05, 0) is 84.4 Å². The molecule has 0 aliphatic carbocycles. The Morgan fingerprint density at radius 3 is 2.32 bits per heavy atom. The van der Waals surface area contributed by atoms with Gasteiger partial charge in [0.15, 0.2) is 11.3 Å². The molecular formula is C24H23BrN2O4. The number of halogens is 1. The molecule has 2 aromatic carbocycles. The van der Waals surface area contributed by atoms with Crippen LogP contribution in [0.3, 0.4) is 0 Å². The molecule has 1 amide bonds. The van der Waals surface area contributed by atoms with Gasteiger partial charge >= 0.3 is 5.97 Å². The maximum Gasteiger partial charge on any atom is 0.331 e. The monoisotopic (exact) mass is 482 g/mol. The van der Waals surface area contributed by atoms with Gasteiger partial charge in [-0.2, -0.15) is 0 Å². The molecule has 3 aromatic rings. The van der Waals surface area contributed by atoms with Crippen molar-refractivity contribution in [2.45, 2.75) is 19.9 Å². The topological polar surface area (TPSA) is 71.8 Å². The fourth-order valence-electron chi connectivity index (χ4n) is 2.99. The third-order valence-corrected chi connectivity index (χ3v) is 4.73. The van der Waals surface area contributed by atoms with E-state index in [-0.39, 0.29) is 12.6 Å². The van der Waals surface area contributed by atoms with Crippen LogP contribution in [0.25, 0.3) is 6.08 Å². The van der Waals surface area contributed by atoms with Gasteiger partial charge in [0.25, 0.3) is 5.91 Å². The summed E-state index contributed by atoms with van der Waals surface area (Å²) in [5, 5.41) is 2.73. The molecule has 3 rings (SSSR count). The Hall–Kier alpha value is -3.32. The van der Waals surface area contributed by atoms with Crippen LogP contribution >= 0.6 is 15.9 Å². The molecule has 1 aromatic heterocycles. The van der Waals surface area contributed by atoms with Gasteiger partial charge < -0.3 is 19.4 Å². The number of carbonyl (C=O) groups is 2. The van der Waals surface area contributed by atoms with Gasteiger partial charge in [-0.25, -0.2) is 4.79 Å². The van der Waals surface area contributed by atoms with Crippen LogP contribution in [-0.2, 0) is 14.3 Å². The van der Waals surface area contributed by atoms with Crippen molar-refractivity contribution >= 4 is 50.9 Å². The van der Waals surface area contributed by atoms with Crippen LogP contribution in [0.4, 0.5) is 17.1 Å². The summed E-state index contributed by atoms with van der Waals surface area (Å²) in [6.45, 7) is 3.86. The number of nitrogens with one attached hydrogen (secondary N) is 1. The fourth-order valence-corrected chi connectivity index (χ4v) is 3.31. The lowest BCUT2D eigenvalue weighted by Gasteiger charge is -2.29. The number of rotatable bonds is 8. The minimum Gasteiger partial charge on any atom is -0.452 e. The molecule has 7 heteroatoms. The van der Waals surface area contributed by atoms with Crippen LogP contribution in [0, 0.1) is 0 Å². The largest absolute Gasteiger partial charge is 0.452 e. The van der Waals surface area contributed by atoms with Crippen LogP contribution in [0.15, 0.2) is 81.9 Å². The number of amides is 1. The van der Waals surface area contributed by atoms with Crippen LogP contribution in [0.5, 0.6) is 0 Å². The van der Waals surface area contributed by atoms with Crippen LogP contribution < -0.4 is 10.2 Å². The van der Waals surface area contributed by atoms with Gasteiger partial charge in [-0.1, -0.05) is 18.2 Å². The zero-order valence-corrected chi connectivity index (χ0v) is 18.8. The highest BCUT2D eigenvalue weighted by molar-refractivity contribution is 9.10. The van der Waals surface area contributed by atoms with Crippen molar-refractivity contribution in [2.24, 2.45) is 0 Å². The van der Waals surface area contributed by atoms with E-state index in [0.29, 0.717) is 16.1 Å². The van der Waals surface area contributed by atoms with E-state index in [1.54, 1.807) is 12.1 Å². The summed E-state index contributed by atoms with van der Waals surface area (Å²) in [6, 6.07) is 21.3. The predicted octanol–water partition coefficient (Wildman–Crippen LogP) is 5.78. The number of nitrogens with zero attached hydrogens (tertiary/aromatic N) is 1. The number of esters is 1. The quantitative estimate of drug-likeness (QED) is 0.325. The third-order valence-electron chi connectivity index (χ3n) is 4.30. The summed E-state index contributed by atoms with van der Waals surface area (Å²) in [4.78, 5) is 26.1. The van der Waals surface area contributed by atoms with Gasteiger partial charge in [0.1, 0.15) is 5.76 Å². The first-order valence-corrected chi connectivity index (χ1v) is 10.6. The number of benzene rings is 2. The number of carbonyl (C=O) groups excluding carboxylic acids is 2. The molecule has 0 aliphatic rings. The highest BCUT2D eigenvalue weighted by Crippen LogP contribution is 2.28. The summed E-state index contributed by atoms with van der Waals surface area (Å²) in [6.07, 6.45) is 2.67. The average molecular weight is 483 g/mol. The van der Waals surface area contributed by atoms with Gasteiger partial charge in [-0.15, -0.1) is 0 Å². The Labute approximate surface area is 189 Å². The molecule has 0 aliphatic heterocycles. The molecule has 6 nitrogen and oxygen atoms in total. The molecule has 0 radical (unpaired) electrons. The molecular weight excluding hydrogens is 460 g/mol. The number of anilines is 3. The summed E-state index contributed by atoms with van der Waals surface area (Å²) < 4.78 is 10.8. The minimum atomic E-state index is -0.631. The summed E-state index contributed by atoms with van der Waals surface area (Å²) in [7, 11) is 0. The third kappa shape index (κ3) is 6.58. The van der Waals surface area contributed by atoms with E-state index in [9.17, 15) is 9.59 Å². The highest BCUT2D eigenvalue weighted by atomic mass is 79.9. The van der Waals surface area contributed by atoms with E-state index in [1.807, 2.05) is 42.5 Å². The highest BCUT2D eigenvalue weighted by Gasteiger charge is 2.13. The molecule has 0 saturated heterocycles. The van der Waals surface area contributed by atoms with Crippen molar-refractivity contribution in [1.82, 2.24) is 0 Å². The van der Waals surface area contributed by atoms with Crippen LogP contribution in [0.2, 0.25) is 0 Å². The SMILES string of the molecule is CC(C)N(c1ccccc1)c1ccc(NC(=O)COC(=O)C=Cc2ccc(Br)o2)cc1. The molecule has 1 heterocycles. The first kappa shape index (κ1) is 22.4. The van der Waals surface area contributed by atoms with Crippen molar-refractivity contribution in [3.63, 3.8) is 0 Å². The van der Waals surface area contributed by atoms with Crippen molar-refractivity contribution in [1.29, 1.82) is 0 Å². The lowest BCUT2D eigenvalue weighted by molar-refractivity contribution is -0.142. The van der Waals surface area contributed by atoms with Crippen LogP contribution in [-0.4, -0.2) is 24.5 Å². The summed E-state index contributed by atoms with van der Waals surface area (Å²) in [5.74, 6) is -0.549. The molecule has 0 spiro atoms. The Kier molecular flexibility index (Phi) is 7.67.